The Morgan fingerprint density at radius 1 is 1.35 bits per heavy atom. The van der Waals surface area contributed by atoms with Crippen molar-refractivity contribution in [2.75, 3.05) is 18.1 Å². The molecule has 2 aromatic rings. The van der Waals surface area contributed by atoms with E-state index in [0.29, 0.717) is 27.1 Å². The van der Waals surface area contributed by atoms with Gasteiger partial charge in [0.15, 0.2) is 5.16 Å². The fraction of sp³-hybridized carbons (Fsp3) is 0.231. The molecule has 0 radical (unpaired) electrons. The third-order valence-electron chi connectivity index (χ3n) is 2.33. The summed E-state index contributed by atoms with van der Waals surface area (Å²) >= 11 is 4.73. The van der Waals surface area contributed by atoms with Crippen LogP contribution in [0.5, 0.6) is 11.6 Å². The molecule has 0 spiro atoms. The molecule has 1 N–H and O–H groups in total. The van der Waals surface area contributed by atoms with Gasteiger partial charge in [-0.2, -0.15) is 4.98 Å². The molecule has 4 nitrogen and oxygen atoms in total. The van der Waals surface area contributed by atoms with Gasteiger partial charge in [-0.15, -0.1) is 0 Å². The van der Waals surface area contributed by atoms with Gasteiger partial charge >= 0.3 is 0 Å². The quantitative estimate of drug-likeness (QED) is 0.637. The standard InChI is InChI=1S/C13H13BrFN3OS/c1-3-16-11-7-12(18-13(17-11)20-2)19-10-6-8(15)4-5-9(10)14/h4-7H,3H2,1-2H3,(H,16,17,18). The fourth-order valence-electron chi connectivity index (χ4n) is 1.49. The maximum atomic E-state index is 13.2. The molecule has 0 saturated carbocycles. The summed E-state index contributed by atoms with van der Waals surface area (Å²) in [6, 6.07) is 5.93. The smallest absolute Gasteiger partial charge is 0.225 e. The van der Waals surface area contributed by atoms with Crippen molar-refractivity contribution in [2.24, 2.45) is 0 Å². The second-order valence-corrected chi connectivity index (χ2v) is 5.41. The lowest BCUT2D eigenvalue weighted by atomic mass is 10.3. The van der Waals surface area contributed by atoms with Crippen molar-refractivity contribution in [1.82, 2.24) is 9.97 Å². The third kappa shape index (κ3) is 3.83. The van der Waals surface area contributed by atoms with Crippen LogP contribution in [0.1, 0.15) is 6.92 Å². The van der Waals surface area contributed by atoms with Crippen molar-refractivity contribution in [3.8, 4) is 11.6 Å². The van der Waals surface area contributed by atoms with Gasteiger partial charge < -0.3 is 10.1 Å². The number of aromatic nitrogens is 2. The lowest BCUT2D eigenvalue weighted by Crippen LogP contribution is -2.02. The monoisotopic (exact) mass is 357 g/mol. The number of thioether (sulfide) groups is 1. The zero-order valence-electron chi connectivity index (χ0n) is 11.0. The average molecular weight is 358 g/mol. The van der Waals surface area contributed by atoms with Gasteiger partial charge in [0, 0.05) is 18.7 Å². The lowest BCUT2D eigenvalue weighted by molar-refractivity contribution is 0.449. The first-order valence-corrected chi connectivity index (χ1v) is 7.94. The van der Waals surface area contributed by atoms with Crippen molar-refractivity contribution in [3.63, 3.8) is 0 Å². The highest BCUT2D eigenvalue weighted by Crippen LogP contribution is 2.30. The molecule has 0 atom stereocenters. The highest BCUT2D eigenvalue weighted by molar-refractivity contribution is 9.10. The number of anilines is 1. The van der Waals surface area contributed by atoms with E-state index in [1.54, 1.807) is 12.1 Å². The van der Waals surface area contributed by atoms with E-state index < -0.39 is 0 Å². The van der Waals surface area contributed by atoms with Crippen molar-refractivity contribution < 1.29 is 9.13 Å². The molecule has 7 heteroatoms. The Bertz CT molecular complexity index is 612. The van der Waals surface area contributed by atoms with Gasteiger partial charge in [0.1, 0.15) is 17.4 Å². The summed E-state index contributed by atoms with van der Waals surface area (Å²) in [7, 11) is 0. The number of nitrogens with one attached hydrogen (secondary N) is 1. The third-order valence-corrected chi connectivity index (χ3v) is 3.53. The Kier molecular flexibility index (Phi) is 5.19. The summed E-state index contributed by atoms with van der Waals surface area (Å²) in [6.07, 6.45) is 1.88. The minimum atomic E-state index is -0.366. The molecule has 1 heterocycles. The molecule has 0 fully saturated rings. The van der Waals surface area contributed by atoms with Crippen molar-refractivity contribution in [1.29, 1.82) is 0 Å². The van der Waals surface area contributed by atoms with Crippen molar-refractivity contribution in [2.45, 2.75) is 12.1 Å². The molecular formula is C13H13BrFN3OS. The van der Waals surface area contributed by atoms with E-state index in [0.717, 1.165) is 6.54 Å². The van der Waals surface area contributed by atoms with Crippen LogP contribution in [-0.4, -0.2) is 22.8 Å². The maximum Gasteiger partial charge on any atom is 0.225 e. The number of rotatable bonds is 5. The second kappa shape index (κ2) is 6.90. The summed E-state index contributed by atoms with van der Waals surface area (Å²) in [5, 5.41) is 3.69. The van der Waals surface area contributed by atoms with Crippen molar-refractivity contribution >= 4 is 33.5 Å². The summed E-state index contributed by atoms with van der Waals surface area (Å²) in [5.41, 5.74) is 0. The van der Waals surface area contributed by atoms with E-state index in [9.17, 15) is 4.39 Å². The topological polar surface area (TPSA) is 47.0 Å². The SMILES string of the molecule is CCNc1cc(Oc2cc(F)ccc2Br)nc(SC)n1. The maximum absolute atomic E-state index is 13.2. The van der Waals surface area contributed by atoms with Gasteiger partial charge in [-0.3, -0.25) is 0 Å². The number of benzene rings is 1. The van der Waals surface area contributed by atoms with Crippen LogP contribution >= 0.6 is 27.7 Å². The van der Waals surface area contributed by atoms with Gasteiger partial charge in [-0.25, -0.2) is 9.37 Å². The summed E-state index contributed by atoms with van der Waals surface area (Å²) in [6.45, 7) is 2.72. The van der Waals surface area contributed by atoms with Crippen LogP contribution in [0, 0.1) is 5.82 Å². The molecule has 0 amide bonds. The fourth-order valence-corrected chi connectivity index (χ4v) is 2.19. The van der Waals surface area contributed by atoms with Crippen molar-refractivity contribution in [3.05, 3.63) is 34.6 Å². The summed E-state index contributed by atoms with van der Waals surface area (Å²) in [4.78, 5) is 8.54. The minimum Gasteiger partial charge on any atom is -0.438 e. The zero-order chi connectivity index (χ0) is 14.5. The number of hydrogen-bond donors (Lipinski definition) is 1. The molecule has 20 heavy (non-hydrogen) atoms. The second-order valence-electron chi connectivity index (χ2n) is 3.79. The van der Waals surface area contributed by atoms with Gasteiger partial charge in [-0.1, -0.05) is 11.8 Å². The lowest BCUT2D eigenvalue weighted by Gasteiger charge is -2.10. The van der Waals surface area contributed by atoms with E-state index in [-0.39, 0.29) is 5.82 Å². The van der Waals surface area contributed by atoms with Gasteiger partial charge in [0.05, 0.1) is 4.47 Å². The number of ether oxygens (including phenoxy) is 1. The normalized spacial score (nSPS) is 10.4. The van der Waals surface area contributed by atoms with E-state index >= 15 is 0 Å². The van der Waals surface area contributed by atoms with Gasteiger partial charge in [0.2, 0.25) is 5.88 Å². The Hall–Kier alpha value is -1.34. The number of nitrogens with zero attached hydrogens (tertiary/aromatic N) is 2. The predicted octanol–water partition coefficient (Wildman–Crippen LogP) is 4.32. The first-order chi connectivity index (χ1) is 9.62. The molecule has 0 aliphatic rings. The van der Waals surface area contributed by atoms with E-state index in [2.05, 4.69) is 31.2 Å². The van der Waals surface area contributed by atoms with Crippen LogP contribution in [0.25, 0.3) is 0 Å². The molecular weight excluding hydrogens is 345 g/mol. The largest absolute Gasteiger partial charge is 0.438 e. The molecule has 0 aliphatic heterocycles. The molecule has 106 valence electrons. The number of halogens is 2. The Morgan fingerprint density at radius 2 is 2.15 bits per heavy atom. The van der Waals surface area contributed by atoms with Crippen LogP contribution in [0.4, 0.5) is 10.2 Å². The van der Waals surface area contributed by atoms with Crippen LogP contribution < -0.4 is 10.1 Å². The Balaban J connectivity index is 2.32. The van der Waals surface area contributed by atoms with Gasteiger partial charge in [-0.05, 0) is 41.2 Å². The first-order valence-electron chi connectivity index (χ1n) is 5.92. The Morgan fingerprint density at radius 3 is 2.85 bits per heavy atom. The molecule has 1 aromatic carbocycles. The molecule has 0 bridgehead atoms. The molecule has 1 aromatic heterocycles. The van der Waals surface area contributed by atoms with E-state index in [4.69, 9.17) is 4.74 Å². The average Bonchev–Trinajstić information content (AvgIpc) is 2.43. The minimum absolute atomic E-state index is 0.366. The molecule has 2 rings (SSSR count). The van der Waals surface area contributed by atoms with Crippen LogP contribution in [0.3, 0.4) is 0 Å². The summed E-state index contributed by atoms with van der Waals surface area (Å²) < 4.78 is 19.5. The first kappa shape index (κ1) is 15.1. The summed E-state index contributed by atoms with van der Waals surface area (Å²) in [5.74, 6) is 1.05. The molecule has 0 saturated heterocycles. The predicted molar refractivity (Wildman–Crippen MR) is 82.2 cm³/mol. The van der Waals surface area contributed by atoms with E-state index in [1.165, 1.54) is 23.9 Å². The van der Waals surface area contributed by atoms with Crippen LogP contribution in [0.15, 0.2) is 33.9 Å². The Labute approximate surface area is 129 Å². The zero-order valence-corrected chi connectivity index (χ0v) is 13.4. The molecule has 0 unspecified atom stereocenters. The van der Waals surface area contributed by atoms with Gasteiger partial charge in [0.25, 0.3) is 0 Å². The van der Waals surface area contributed by atoms with E-state index in [1.807, 2.05) is 13.2 Å². The highest BCUT2D eigenvalue weighted by atomic mass is 79.9. The van der Waals surface area contributed by atoms with Crippen LogP contribution in [0.2, 0.25) is 0 Å². The number of hydrogen-bond acceptors (Lipinski definition) is 5. The van der Waals surface area contributed by atoms with Crippen LogP contribution in [-0.2, 0) is 0 Å². The molecule has 0 aliphatic carbocycles. The highest BCUT2D eigenvalue weighted by Gasteiger charge is 2.09.